The van der Waals surface area contributed by atoms with E-state index in [-0.39, 0.29) is 5.82 Å². The van der Waals surface area contributed by atoms with Gasteiger partial charge in [0.25, 0.3) is 0 Å². The number of nitrogens with zero attached hydrogens (tertiary/aromatic N) is 1. The van der Waals surface area contributed by atoms with Crippen molar-refractivity contribution < 1.29 is 4.39 Å². The molecule has 0 fully saturated rings. The predicted molar refractivity (Wildman–Crippen MR) is 84.5 cm³/mol. The highest BCUT2D eigenvalue weighted by Gasteiger charge is 2.23. The maximum Gasteiger partial charge on any atom is 0.124 e. The molecule has 1 atom stereocenters. The van der Waals surface area contributed by atoms with Crippen molar-refractivity contribution in [2.75, 3.05) is 4.90 Å². The maximum absolute atomic E-state index is 13.2. The van der Waals surface area contributed by atoms with E-state index in [1.165, 1.54) is 23.4 Å². The van der Waals surface area contributed by atoms with Crippen LogP contribution in [0.5, 0.6) is 0 Å². The number of benzene rings is 2. The van der Waals surface area contributed by atoms with Crippen LogP contribution in [0.25, 0.3) is 0 Å². The maximum atomic E-state index is 13.2. The van der Waals surface area contributed by atoms with E-state index in [2.05, 4.69) is 52.0 Å². The van der Waals surface area contributed by atoms with E-state index in [0.29, 0.717) is 6.04 Å². The van der Waals surface area contributed by atoms with Crippen LogP contribution in [0.1, 0.15) is 24.5 Å². The van der Waals surface area contributed by atoms with Gasteiger partial charge >= 0.3 is 0 Å². The minimum absolute atomic E-state index is 0.201. The SMILES string of the molecule is CC1CCc2ccccc2N1Cc1ccc(F)cc1Br. The van der Waals surface area contributed by atoms with Gasteiger partial charge in [-0.1, -0.05) is 40.2 Å². The minimum Gasteiger partial charge on any atom is -0.364 e. The number of para-hydroxylation sites is 1. The zero-order chi connectivity index (χ0) is 14.1. The molecule has 0 N–H and O–H groups in total. The second-order valence-electron chi connectivity index (χ2n) is 5.38. The molecule has 0 aromatic heterocycles. The quantitative estimate of drug-likeness (QED) is 0.753. The van der Waals surface area contributed by atoms with Crippen molar-refractivity contribution in [3.63, 3.8) is 0 Å². The van der Waals surface area contributed by atoms with Crippen molar-refractivity contribution >= 4 is 21.6 Å². The lowest BCUT2D eigenvalue weighted by Crippen LogP contribution is -2.36. The van der Waals surface area contributed by atoms with Gasteiger partial charge in [0.15, 0.2) is 0 Å². The number of aryl methyl sites for hydroxylation is 1. The molecule has 0 radical (unpaired) electrons. The minimum atomic E-state index is -0.201. The first-order valence-electron chi connectivity index (χ1n) is 6.93. The zero-order valence-corrected chi connectivity index (χ0v) is 13.0. The molecule has 104 valence electrons. The van der Waals surface area contributed by atoms with Crippen molar-refractivity contribution in [1.29, 1.82) is 0 Å². The Labute approximate surface area is 127 Å². The normalized spacial score (nSPS) is 17.9. The number of fused-ring (bicyclic) bond motifs is 1. The van der Waals surface area contributed by atoms with Crippen LogP contribution >= 0.6 is 15.9 Å². The standard InChI is InChI=1S/C17H17BrFN/c1-12-6-7-13-4-2-3-5-17(13)20(12)11-14-8-9-15(19)10-16(14)18/h2-5,8-10,12H,6-7,11H2,1H3. The molecule has 0 saturated carbocycles. The van der Waals surface area contributed by atoms with Crippen LogP contribution < -0.4 is 4.90 Å². The van der Waals surface area contributed by atoms with Crippen molar-refractivity contribution in [3.8, 4) is 0 Å². The molecule has 20 heavy (non-hydrogen) atoms. The fourth-order valence-corrected chi connectivity index (χ4v) is 3.31. The fraction of sp³-hybridized carbons (Fsp3) is 0.294. The number of anilines is 1. The summed E-state index contributed by atoms with van der Waals surface area (Å²) in [5, 5.41) is 0. The summed E-state index contributed by atoms with van der Waals surface area (Å²) in [6, 6.07) is 14.0. The van der Waals surface area contributed by atoms with Gasteiger partial charge in [0, 0.05) is 22.7 Å². The van der Waals surface area contributed by atoms with E-state index in [0.717, 1.165) is 29.4 Å². The molecule has 2 aromatic rings. The predicted octanol–water partition coefficient (Wildman–Crippen LogP) is 4.93. The average Bonchev–Trinajstić information content (AvgIpc) is 2.44. The van der Waals surface area contributed by atoms with Gasteiger partial charge in [-0.3, -0.25) is 0 Å². The highest BCUT2D eigenvalue weighted by molar-refractivity contribution is 9.10. The topological polar surface area (TPSA) is 3.24 Å². The number of hydrogen-bond donors (Lipinski definition) is 0. The molecule has 1 heterocycles. The van der Waals surface area contributed by atoms with Gasteiger partial charge in [-0.15, -0.1) is 0 Å². The van der Waals surface area contributed by atoms with E-state index < -0.39 is 0 Å². The summed E-state index contributed by atoms with van der Waals surface area (Å²) in [4.78, 5) is 2.41. The van der Waals surface area contributed by atoms with Crippen molar-refractivity contribution in [1.82, 2.24) is 0 Å². The lowest BCUT2D eigenvalue weighted by Gasteiger charge is -2.37. The number of halogens is 2. The summed E-state index contributed by atoms with van der Waals surface area (Å²) < 4.78 is 14.0. The molecule has 1 aliphatic heterocycles. The van der Waals surface area contributed by atoms with Crippen LogP contribution in [0.4, 0.5) is 10.1 Å². The summed E-state index contributed by atoms with van der Waals surface area (Å²) >= 11 is 3.47. The van der Waals surface area contributed by atoms with Crippen molar-refractivity contribution in [2.45, 2.75) is 32.4 Å². The summed E-state index contributed by atoms with van der Waals surface area (Å²) in [6.45, 7) is 3.06. The second-order valence-corrected chi connectivity index (χ2v) is 6.23. The molecule has 3 heteroatoms. The van der Waals surface area contributed by atoms with Gasteiger partial charge in [0.1, 0.15) is 5.82 Å². The third kappa shape index (κ3) is 2.59. The average molecular weight is 334 g/mol. The van der Waals surface area contributed by atoms with Crippen LogP contribution in [0.15, 0.2) is 46.9 Å². The van der Waals surface area contributed by atoms with Gasteiger partial charge in [-0.05, 0) is 49.1 Å². The Morgan fingerprint density at radius 3 is 2.85 bits per heavy atom. The molecule has 1 nitrogen and oxygen atoms in total. The van der Waals surface area contributed by atoms with Gasteiger partial charge in [0.2, 0.25) is 0 Å². The molecule has 0 saturated heterocycles. The highest BCUT2D eigenvalue weighted by Crippen LogP contribution is 2.32. The molecule has 0 bridgehead atoms. The van der Waals surface area contributed by atoms with Crippen LogP contribution in [-0.4, -0.2) is 6.04 Å². The lowest BCUT2D eigenvalue weighted by molar-refractivity contribution is 0.559. The third-order valence-corrected chi connectivity index (χ3v) is 4.76. The Balaban J connectivity index is 1.93. The van der Waals surface area contributed by atoms with E-state index >= 15 is 0 Å². The molecule has 1 aliphatic rings. The lowest BCUT2D eigenvalue weighted by atomic mass is 9.96. The van der Waals surface area contributed by atoms with Crippen LogP contribution in [0.3, 0.4) is 0 Å². The molecule has 0 spiro atoms. The zero-order valence-electron chi connectivity index (χ0n) is 11.4. The van der Waals surface area contributed by atoms with Crippen molar-refractivity contribution in [3.05, 3.63) is 63.9 Å². The van der Waals surface area contributed by atoms with Crippen LogP contribution in [0.2, 0.25) is 0 Å². The summed E-state index contributed by atoms with van der Waals surface area (Å²) in [7, 11) is 0. The van der Waals surface area contributed by atoms with Crippen molar-refractivity contribution in [2.24, 2.45) is 0 Å². The third-order valence-electron chi connectivity index (χ3n) is 4.02. The van der Waals surface area contributed by atoms with E-state index in [1.54, 1.807) is 0 Å². The fourth-order valence-electron chi connectivity index (χ4n) is 2.83. The van der Waals surface area contributed by atoms with E-state index in [4.69, 9.17) is 0 Å². The number of hydrogen-bond acceptors (Lipinski definition) is 1. The van der Waals surface area contributed by atoms with Crippen LogP contribution in [0, 0.1) is 5.82 Å². The van der Waals surface area contributed by atoms with Gasteiger partial charge in [-0.25, -0.2) is 4.39 Å². The Morgan fingerprint density at radius 1 is 1.25 bits per heavy atom. The Hall–Kier alpha value is -1.35. The van der Waals surface area contributed by atoms with Gasteiger partial charge < -0.3 is 4.90 Å². The molecule has 0 aliphatic carbocycles. The van der Waals surface area contributed by atoms with E-state index in [1.807, 2.05) is 6.07 Å². The summed E-state index contributed by atoms with van der Waals surface area (Å²) in [5.41, 5.74) is 3.83. The first kappa shape index (κ1) is 13.6. The Kier molecular flexibility index (Phi) is 3.79. The monoisotopic (exact) mass is 333 g/mol. The van der Waals surface area contributed by atoms with Gasteiger partial charge in [-0.2, -0.15) is 0 Å². The summed E-state index contributed by atoms with van der Waals surface area (Å²) in [5.74, 6) is -0.201. The highest BCUT2D eigenvalue weighted by atomic mass is 79.9. The first-order chi connectivity index (χ1) is 9.65. The Bertz CT molecular complexity index is 626. The van der Waals surface area contributed by atoms with E-state index in [9.17, 15) is 4.39 Å². The molecular weight excluding hydrogens is 317 g/mol. The molecule has 0 amide bonds. The van der Waals surface area contributed by atoms with Gasteiger partial charge in [0.05, 0.1) is 0 Å². The summed E-state index contributed by atoms with van der Waals surface area (Å²) in [6.07, 6.45) is 2.30. The largest absolute Gasteiger partial charge is 0.364 e. The molecular formula is C17H17BrFN. The first-order valence-corrected chi connectivity index (χ1v) is 7.73. The molecule has 2 aromatic carbocycles. The second kappa shape index (κ2) is 5.57. The number of rotatable bonds is 2. The molecule has 3 rings (SSSR count). The smallest absolute Gasteiger partial charge is 0.124 e. The van der Waals surface area contributed by atoms with Crippen LogP contribution in [-0.2, 0) is 13.0 Å². The Morgan fingerprint density at radius 2 is 2.05 bits per heavy atom. The molecule has 1 unspecified atom stereocenters.